The Bertz CT molecular complexity index is 780. The summed E-state index contributed by atoms with van der Waals surface area (Å²) in [7, 11) is 0. The van der Waals surface area contributed by atoms with E-state index in [1.165, 1.54) is 19.4 Å². The van der Waals surface area contributed by atoms with Gasteiger partial charge in [-0.25, -0.2) is 0 Å². The lowest BCUT2D eigenvalue weighted by molar-refractivity contribution is -0.164. The number of alkyl halides is 1. The first-order chi connectivity index (χ1) is 13.9. The monoisotopic (exact) mass is 482 g/mol. The van der Waals surface area contributed by atoms with Crippen molar-refractivity contribution in [1.29, 1.82) is 0 Å². The largest absolute Gasteiger partial charge is 0.462 e. The lowest BCUT2D eigenvalue weighted by atomic mass is 9.48. The van der Waals surface area contributed by atoms with Crippen molar-refractivity contribution < 1.29 is 24.2 Å². The van der Waals surface area contributed by atoms with Crippen molar-refractivity contribution in [2.24, 2.45) is 34.0 Å². The van der Waals surface area contributed by atoms with Crippen LogP contribution < -0.4 is 0 Å². The molecule has 4 rings (SSSR count). The first-order valence-corrected chi connectivity index (χ1v) is 12.2. The van der Waals surface area contributed by atoms with Gasteiger partial charge in [-0.2, -0.15) is 0 Å². The maximum atomic E-state index is 12.0. The summed E-state index contributed by atoms with van der Waals surface area (Å²) in [6, 6.07) is 0. The minimum Gasteiger partial charge on any atom is -0.462 e. The van der Waals surface area contributed by atoms with E-state index in [2.05, 4.69) is 42.8 Å². The number of esters is 2. The molecule has 0 bridgehead atoms. The second kappa shape index (κ2) is 7.33. The quantitative estimate of drug-likeness (QED) is 0.365. The van der Waals surface area contributed by atoms with Gasteiger partial charge in [-0.3, -0.25) is 9.59 Å². The van der Waals surface area contributed by atoms with Crippen molar-refractivity contribution in [3.63, 3.8) is 0 Å². The van der Waals surface area contributed by atoms with Crippen LogP contribution >= 0.6 is 15.9 Å². The maximum Gasteiger partial charge on any atom is 0.302 e. The van der Waals surface area contributed by atoms with Crippen molar-refractivity contribution in [2.75, 3.05) is 6.61 Å². The van der Waals surface area contributed by atoms with Gasteiger partial charge in [0.25, 0.3) is 0 Å². The zero-order valence-electron chi connectivity index (χ0n) is 18.7. The van der Waals surface area contributed by atoms with Crippen LogP contribution in [0.1, 0.15) is 66.7 Å². The molecular weight excluding hydrogens is 448 g/mol. The van der Waals surface area contributed by atoms with E-state index in [9.17, 15) is 14.7 Å². The minimum atomic E-state index is -0.223. The summed E-state index contributed by atoms with van der Waals surface area (Å²) < 4.78 is 11.7. The van der Waals surface area contributed by atoms with Gasteiger partial charge >= 0.3 is 11.9 Å². The van der Waals surface area contributed by atoms with Crippen LogP contribution in [0.3, 0.4) is 0 Å². The maximum absolute atomic E-state index is 12.0. The fraction of sp³-hybridized carbons (Fsp3) is 0.833. The SMILES string of the molecule is CC(=O)O[C@H]1C[C@]2(C)C3=CC[C@@](C)(C(Br)CO)C[C@@H]3[C@@H](OC(C)=O)C[C@H]2[C@]2(C)C[C@H]12. The Morgan fingerprint density at radius 2 is 1.77 bits per heavy atom. The molecule has 0 aliphatic heterocycles. The van der Waals surface area contributed by atoms with Crippen molar-refractivity contribution in [2.45, 2.75) is 83.8 Å². The number of fused-ring (bicyclic) bond motifs is 5. The molecule has 3 fully saturated rings. The number of halogens is 1. The van der Waals surface area contributed by atoms with Crippen molar-refractivity contribution in [3.8, 4) is 0 Å². The zero-order valence-corrected chi connectivity index (χ0v) is 20.3. The second-order valence-corrected chi connectivity index (χ2v) is 12.1. The molecule has 1 N–H and O–H groups in total. The van der Waals surface area contributed by atoms with Gasteiger partial charge in [0.1, 0.15) is 12.2 Å². The Labute approximate surface area is 188 Å². The van der Waals surface area contributed by atoms with Gasteiger partial charge < -0.3 is 14.6 Å². The number of hydrogen-bond donors (Lipinski definition) is 1. The lowest BCUT2D eigenvalue weighted by Gasteiger charge is -2.58. The van der Waals surface area contributed by atoms with Crippen LogP contribution in [0.4, 0.5) is 0 Å². The summed E-state index contributed by atoms with van der Waals surface area (Å²) in [6.07, 6.45) is 6.72. The first-order valence-electron chi connectivity index (χ1n) is 11.2. The van der Waals surface area contributed by atoms with E-state index in [1.807, 2.05) is 0 Å². The van der Waals surface area contributed by atoms with E-state index in [0.717, 1.165) is 32.1 Å². The van der Waals surface area contributed by atoms with Crippen LogP contribution in [0, 0.1) is 34.0 Å². The molecule has 30 heavy (non-hydrogen) atoms. The number of hydrogen-bond acceptors (Lipinski definition) is 5. The fourth-order valence-electron chi connectivity index (χ4n) is 7.38. The molecule has 4 aliphatic rings. The molecule has 5 nitrogen and oxygen atoms in total. The molecule has 3 saturated carbocycles. The van der Waals surface area contributed by atoms with Gasteiger partial charge in [0.2, 0.25) is 0 Å². The van der Waals surface area contributed by atoms with Gasteiger partial charge in [0.05, 0.1) is 6.61 Å². The Morgan fingerprint density at radius 3 is 2.37 bits per heavy atom. The van der Waals surface area contributed by atoms with E-state index >= 15 is 0 Å². The van der Waals surface area contributed by atoms with Crippen LogP contribution in [-0.2, 0) is 19.1 Å². The normalized spacial score (nSPS) is 47.7. The third kappa shape index (κ3) is 3.37. The van der Waals surface area contributed by atoms with Crippen LogP contribution in [0.2, 0.25) is 0 Å². The average Bonchev–Trinajstić information content (AvgIpc) is 3.35. The van der Waals surface area contributed by atoms with E-state index in [4.69, 9.17) is 9.47 Å². The Kier molecular flexibility index (Phi) is 5.45. The van der Waals surface area contributed by atoms with Crippen LogP contribution in [0.15, 0.2) is 11.6 Å². The average molecular weight is 483 g/mol. The number of rotatable bonds is 4. The van der Waals surface area contributed by atoms with E-state index in [0.29, 0.717) is 11.8 Å². The van der Waals surface area contributed by atoms with Gasteiger partial charge in [-0.15, -0.1) is 0 Å². The van der Waals surface area contributed by atoms with Crippen LogP contribution in [0.25, 0.3) is 0 Å². The molecule has 1 unspecified atom stereocenters. The summed E-state index contributed by atoms with van der Waals surface area (Å²) in [4.78, 5) is 23.7. The molecule has 168 valence electrons. The van der Waals surface area contributed by atoms with Crippen molar-refractivity contribution >= 4 is 27.9 Å². The van der Waals surface area contributed by atoms with Crippen LogP contribution in [-0.4, -0.2) is 40.7 Å². The topological polar surface area (TPSA) is 72.8 Å². The molecule has 0 radical (unpaired) electrons. The second-order valence-electron chi connectivity index (χ2n) is 11.0. The number of carbonyl (C=O) groups excluding carboxylic acids is 2. The highest BCUT2D eigenvalue weighted by molar-refractivity contribution is 9.09. The Morgan fingerprint density at radius 1 is 1.13 bits per heavy atom. The highest BCUT2D eigenvalue weighted by atomic mass is 79.9. The highest BCUT2D eigenvalue weighted by Crippen LogP contribution is 2.74. The molecule has 0 amide bonds. The van der Waals surface area contributed by atoms with Gasteiger partial charge in [0.15, 0.2) is 0 Å². The van der Waals surface area contributed by atoms with Gasteiger partial charge in [-0.1, -0.05) is 48.4 Å². The summed E-state index contributed by atoms with van der Waals surface area (Å²) >= 11 is 3.68. The third-order valence-corrected chi connectivity index (χ3v) is 10.4. The smallest absolute Gasteiger partial charge is 0.302 e. The standard InChI is InChI=1S/C24H35BrO5/c1-13(27)29-18-8-20-23(4)10-17(23)19(30-14(2)28)11-24(20,5)16-6-7-22(3,9-15(16)18)21(25)12-26/h6,15,17-21,26H,7-12H2,1-5H3/t15-,17+,18-,19-,20-,21?,22+,23+,24+/m0/s1. The molecule has 0 spiro atoms. The van der Waals surface area contributed by atoms with E-state index in [1.54, 1.807) is 0 Å². The summed E-state index contributed by atoms with van der Waals surface area (Å²) in [5.74, 6) is 0.536. The fourth-order valence-corrected chi connectivity index (χ4v) is 7.76. The molecule has 6 heteroatoms. The predicted octanol–water partition coefficient (Wildman–Crippen LogP) is 4.40. The van der Waals surface area contributed by atoms with E-state index < -0.39 is 0 Å². The molecule has 9 atom stereocenters. The molecule has 0 aromatic heterocycles. The zero-order chi connectivity index (χ0) is 22.1. The number of aliphatic hydroxyl groups excluding tert-OH is 1. The number of ether oxygens (including phenoxy) is 2. The van der Waals surface area contributed by atoms with Crippen molar-refractivity contribution in [1.82, 2.24) is 0 Å². The number of allylic oxidation sites excluding steroid dienone is 1. The Hall–Kier alpha value is -0.880. The van der Waals surface area contributed by atoms with E-state index in [-0.39, 0.29) is 57.7 Å². The summed E-state index contributed by atoms with van der Waals surface area (Å²) in [5.41, 5.74) is 1.34. The Balaban J connectivity index is 1.73. The number of aliphatic hydroxyl groups is 1. The molecule has 0 saturated heterocycles. The number of carbonyl (C=O) groups is 2. The third-order valence-electron chi connectivity index (χ3n) is 8.99. The molecule has 0 aromatic rings. The molecule has 0 heterocycles. The van der Waals surface area contributed by atoms with Crippen molar-refractivity contribution in [3.05, 3.63) is 11.6 Å². The lowest BCUT2D eigenvalue weighted by Crippen LogP contribution is -2.55. The first kappa shape index (κ1) is 22.3. The molecular formula is C24H35BrO5. The van der Waals surface area contributed by atoms with Gasteiger partial charge in [0, 0.05) is 30.5 Å². The molecule has 4 aliphatic carbocycles. The highest BCUT2D eigenvalue weighted by Gasteiger charge is 2.71. The predicted molar refractivity (Wildman–Crippen MR) is 117 cm³/mol. The summed E-state index contributed by atoms with van der Waals surface area (Å²) in [5, 5.41) is 9.79. The van der Waals surface area contributed by atoms with Gasteiger partial charge in [-0.05, 0) is 54.3 Å². The summed E-state index contributed by atoms with van der Waals surface area (Å²) in [6.45, 7) is 9.96. The van der Waals surface area contributed by atoms with Crippen LogP contribution in [0.5, 0.6) is 0 Å². The minimum absolute atomic E-state index is 0.00297. The molecule has 0 aromatic carbocycles.